The summed E-state index contributed by atoms with van der Waals surface area (Å²) in [6.07, 6.45) is 1.48. The van der Waals surface area contributed by atoms with Gasteiger partial charge in [-0.2, -0.15) is 0 Å². The zero-order valence-corrected chi connectivity index (χ0v) is 11.2. The maximum Gasteiger partial charge on any atom is 0.0932 e. The third kappa shape index (κ3) is 2.54. The lowest BCUT2D eigenvalue weighted by atomic mass is 10.1. The highest BCUT2D eigenvalue weighted by atomic mass is 32.1. The fourth-order valence-electron chi connectivity index (χ4n) is 1.73. The van der Waals surface area contributed by atoms with Gasteiger partial charge in [0.25, 0.3) is 0 Å². The van der Waals surface area contributed by atoms with Crippen molar-refractivity contribution in [2.45, 2.75) is 32.8 Å². The Morgan fingerprint density at radius 1 is 1.25 bits per heavy atom. The van der Waals surface area contributed by atoms with Gasteiger partial charge in [0, 0.05) is 21.1 Å². The van der Waals surface area contributed by atoms with Crippen molar-refractivity contribution in [3.63, 3.8) is 0 Å². The molecule has 0 radical (unpaired) electrons. The maximum atomic E-state index is 10.1. The van der Waals surface area contributed by atoms with E-state index in [0.29, 0.717) is 0 Å². The second-order valence-electron chi connectivity index (χ2n) is 3.91. The van der Waals surface area contributed by atoms with E-state index in [1.807, 2.05) is 16.7 Å². The molecule has 1 nitrogen and oxygen atoms in total. The van der Waals surface area contributed by atoms with Crippen molar-refractivity contribution in [2.24, 2.45) is 0 Å². The summed E-state index contributed by atoms with van der Waals surface area (Å²) in [6, 6.07) is 6.36. The summed E-state index contributed by atoms with van der Waals surface area (Å²) in [6.45, 7) is 4.22. The van der Waals surface area contributed by atoms with Gasteiger partial charge in [-0.25, -0.2) is 0 Å². The molecule has 2 heterocycles. The monoisotopic (exact) mass is 252 g/mol. The van der Waals surface area contributed by atoms with Gasteiger partial charge in [0.1, 0.15) is 0 Å². The Morgan fingerprint density at radius 3 is 2.56 bits per heavy atom. The molecule has 1 unspecified atom stereocenters. The number of aliphatic hydroxyl groups is 1. The first-order valence-electron chi connectivity index (χ1n) is 5.50. The van der Waals surface area contributed by atoms with E-state index >= 15 is 0 Å². The quantitative estimate of drug-likeness (QED) is 0.873. The molecule has 0 aliphatic carbocycles. The van der Waals surface area contributed by atoms with Gasteiger partial charge in [0.2, 0.25) is 0 Å². The molecule has 2 rings (SSSR count). The first-order chi connectivity index (χ1) is 7.70. The van der Waals surface area contributed by atoms with Crippen LogP contribution in [-0.2, 0) is 12.8 Å². The van der Waals surface area contributed by atoms with Crippen LogP contribution in [0.5, 0.6) is 0 Å². The molecule has 0 saturated carbocycles. The van der Waals surface area contributed by atoms with Gasteiger partial charge in [-0.05, 0) is 42.5 Å². The molecule has 1 atom stereocenters. The number of hydrogen-bond donors (Lipinski definition) is 1. The predicted octanol–water partition coefficient (Wildman–Crippen LogP) is 3.96. The zero-order chi connectivity index (χ0) is 11.5. The molecule has 86 valence electrons. The molecular weight excluding hydrogens is 236 g/mol. The molecule has 0 bridgehead atoms. The molecule has 16 heavy (non-hydrogen) atoms. The second-order valence-corrected chi connectivity index (χ2v) is 6.11. The van der Waals surface area contributed by atoms with Crippen LogP contribution in [0, 0.1) is 6.92 Å². The van der Waals surface area contributed by atoms with Crippen LogP contribution in [0.4, 0.5) is 0 Å². The Balaban J connectivity index is 2.07. The maximum absolute atomic E-state index is 10.1. The highest BCUT2D eigenvalue weighted by molar-refractivity contribution is 7.12. The van der Waals surface area contributed by atoms with E-state index in [1.54, 1.807) is 11.3 Å². The molecule has 2 aromatic heterocycles. The van der Waals surface area contributed by atoms with E-state index < -0.39 is 0 Å². The first-order valence-corrected chi connectivity index (χ1v) is 7.20. The van der Waals surface area contributed by atoms with E-state index in [9.17, 15) is 5.11 Å². The highest BCUT2D eigenvalue weighted by Gasteiger charge is 2.13. The molecule has 0 aliphatic rings. The van der Waals surface area contributed by atoms with Crippen molar-refractivity contribution in [1.82, 2.24) is 0 Å². The second kappa shape index (κ2) is 5.13. The summed E-state index contributed by atoms with van der Waals surface area (Å²) in [7, 11) is 0. The van der Waals surface area contributed by atoms with E-state index in [4.69, 9.17) is 0 Å². The van der Waals surface area contributed by atoms with Gasteiger partial charge in [-0.1, -0.05) is 6.92 Å². The smallest absolute Gasteiger partial charge is 0.0932 e. The van der Waals surface area contributed by atoms with Crippen LogP contribution in [-0.4, -0.2) is 5.11 Å². The summed E-state index contributed by atoms with van der Waals surface area (Å²) in [5.74, 6) is 0. The Kier molecular flexibility index (Phi) is 3.79. The van der Waals surface area contributed by atoms with Gasteiger partial charge in [-0.15, -0.1) is 22.7 Å². The molecule has 0 aliphatic heterocycles. The molecule has 0 amide bonds. The average Bonchev–Trinajstić information content (AvgIpc) is 2.86. The molecule has 0 saturated heterocycles. The third-order valence-electron chi connectivity index (χ3n) is 2.66. The van der Waals surface area contributed by atoms with Crippen LogP contribution in [0.3, 0.4) is 0 Å². The van der Waals surface area contributed by atoms with Crippen molar-refractivity contribution in [3.05, 3.63) is 43.8 Å². The number of aliphatic hydroxyl groups excluding tert-OH is 1. The number of aryl methyl sites for hydroxylation is 2. The number of hydrogen-bond acceptors (Lipinski definition) is 3. The first kappa shape index (κ1) is 11.8. The summed E-state index contributed by atoms with van der Waals surface area (Å²) < 4.78 is 0. The minimum Gasteiger partial charge on any atom is -0.387 e. The summed E-state index contributed by atoms with van der Waals surface area (Å²) in [4.78, 5) is 3.77. The lowest BCUT2D eigenvalue weighted by molar-refractivity contribution is 0.182. The third-order valence-corrected chi connectivity index (χ3v) is 5.04. The fraction of sp³-hybridized carbons (Fsp3) is 0.385. The van der Waals surface area contributed by atoms with Crippen molar-refractivity contribution in [3.8, 4) is 0 Å². The van der Waals surface area contributed by atoms with Gasteiger partial charge >= 0.3 is 0 Å². The fourth-order valence-corrected chi connectivity index (χ4v) is 3.64. The van der Waals surface area contributed by atoms with E-state index in [2.05, 4.69) is 32.0 Å². The SMILES string of the molecule is CCc1ccc(CC(O)c2sccc2C)s1. The van der Waals surface area contributed by atoms with Crippen molar-refractivity contribution in [1.29, 1.82) is 0 Å². The molecular formula is C13H16OS2. The van der Waals surface area contributed by atoms with Crippen LogP contribution >= 0.6 is 22.7 Å². The van der Waals surface area contributed by atoms with Crippen LogP contribution < -0.4 is 0 Å². The summed E-state index contributed by atoms with van der Waals surface area (Å²) in [5, 5.41) is 12.2. The largest absolute Gasteiger partial charge is 0.387 e. The van der Waals surface area contributed by atoms with E-state index in [-0.39, 0.29) is 6.10 Å². The molecule has 0 fully saturated rings. The topological polar surface area (TPSA) is 20.2 Å². The van der Waals surface area contributed by atoms with Crippen molar-refractivity contribution >= 4 is 22.7 Å². The zero-order valence-electron chi connectivity index (χ0n) is 9.56. The van der Waals surface area contributed by atoms with Crippen LogP contribution in [0.25, 0.3) is 0 Å². The standard InChI is InChI=1S/C13H16OS2/c1-3-10-4-5-11(16-10)8-12(14)13-9(2)6-7-15-13/h4-7,12,14H,3,8H2,1-2H3. The molecule has 0 spiro atoms. The minimum atomic E-state index is -0.344. The summed E-state index contributed by atoms with van der Waals surface area (Å²) >= 11 is 3.45. The highest BCUT2D eigenvalue weighted by Crippen LogP contribution is 2.29. The Morgan fingerprint density at radius 2 is 2.00 bits per heavy atom. The van der Waals surface area contributed by atoms with Crippen LogP contribution in [0.1, 0.15) is 33.2 Å². The van der Waals surface area contributed by atoms with Gasteiger partial charge < -0.3 is 5.11 Å². The van der Waals surface area contributed by atoms with Gasteiger partial charge in [0.05, 0.1) is 6.10 Å². The van der Waals surface area contributed by atoms with E-state index in [0.717, 1.165) is 17.7 Å². The van der Waals surface area contributed by atoms with Crippen LogP contribution in [0.15, 0.2) is 23.6 Å². The van der Waals surface area contributed by atoms with Gasteiger partial charge in [-0.3, -0.25) is 0 Å². The minimum absolute atomic E-state index is 0.344. The van der Waals surface area contributed by atoms with Crippen LogP contribution in [0.2, 0.25) is 0 Å². The Bertz CT molecular complexity index is 456. The van der Waals surface area contributed by atoms with Gasteiger partial charge in [0.15, 0.2) is 0 Å². The lowest BCUT2D eigenvalue weighted by Gasteiger charge is -2.08. The van der Waals surface area contributed by atoms with Crippen molar-refractivity contribution < 1.29 is 5.11 Å². The molecule has 0 aromatic carbocycles. The molecule has 2 aromatic rings. The number of rotatable bonds is 4. The lowest BCUT2D eigenvalue weighted by Crippen LogP contribution is -1.99. The van der Waals surface area contributed by atoms with E-state index in [1.165, 1.54) is 15.3 Å². The average molecular weight is 252 g/mol. The van der Waals surface area contributed by atoms with Crippen molar-refractivity contribution in [2.75, 3.05) is 0 Å². The molecule has 1 N–H and O–H groups in total. The molecule has 3 heteroatoms. The predicted molar refractivity (Wildman–Crippen MR) is 71.4 cm³/mol. The number of thiophene rings is 2. The Labute approximate surface area is 104 Å². The summed E-state index contributed by atoms with van der Waals surface area (Å²) in [5.41, 5.74) is 1.20. The Hall–Kier alpha value is -0.640. The normalized spacial score (nSPS) is 12.9.